The number of rotatable bonds is 7. The summed E-state index contributed by atoms with van der Waals surface area (Å²) < 4.78 is 5.28. The van der Waals surface area contributed by atoms with Gasteiger partial charge >= 0.3 is 5.97 Å². The van der Waals surface area contributed by atoms with Crippen LogP contribution in [-0.2, 0) is 9.53 Å². The Labute approximate surface area is 104 Å². The highest BCUT2D eigenvalue weighted by Crippen LogP contribution is 2.24. The first-order valence-electron chi connectivity index (χ1n) is 5.94. The number of thioether (sulfide) groups is 1. The molecular formula is C12H25NO2S. The van der Waals surface area contributed by atoms with Crippen LogP contribution in [0.1, 0.15) is 41.0 Å². The van der Waals surface area contributed by atoms with Gasteiger partial charge in [0.15, 0.2) is 0 Å². The molecule has 1 atom stereocenters. The van der Waals surface area contributed by atoms with Gasteiger partial charge in [-0.1, -0.05) is 27.7 Å². The van der Waals surface area contributed by atoms with Gasteiger partial charge in [-0.05, 0) is 25.6 Å². The second-order valence-electron chi connectivity index (χ2n) is 4.61. The molecule has 16 heavy (non-hydrogen) atoms. The lowest BCUT2D eigenvalue weighted by atomic mass is 10.2. The van der Waals surface area contributed by atoms with E-state index in [0.29, 0.717) is 6.61 Å². The minimum absolute atomic E-state index is 0.126. The second kappa shape index (κ2) is 7.96. The van der Waals surface area contributed by atoms with Crippen molar-refractivity contribution < 1.29 is 9.53 Å². The van der Waals surface area contributed by atoms with Crippen LogP contribution in [0.25, 0.3) is 0 Å². The zero-order chi connectivity index (χ0) is 12.6. The van der Waals surface area contributed by atoms with E-state index in [4.69, 9.17) is 4.74 Å². The number of likely N-dealkylation sites (N-methyl/N-ethyl adjacent to an activating group) is 1. The number of carbonyl (C=O) groups is 1. The van der Waals surface area contributed by atoms with Gasteiger partial charge in [0.25, 0.3) is 0 Å². The molecule has 0 radical (unpaired) electrons. The summed E-state index contributed by atoms with van der Waals surface area (Å²) in [5, 5.41) is 3.17. The molecule has 0 aromatic carbocycles. The van der Waals surface area contributed by atoms with Gasteiger partial charge in [0.2, 0.25) is 0 Å². The molecule has 0 aliphatic rings. The maximum atomic E-state index is 11.6. The number of ether oxygens (including phenoxy) is 1. The number of hydrogen-bond acceptors (Lipinski definition) is 4. The summed E-state index contributed by atoms with van der Waals surface area (Å²) in [6.45, 7) is 11.6. The van der Waals surface area contributed by atoms with Crippen LogP contribution >= 0.6 is 11.8 Å². The monoisotopic (exact) mass is 247 g/mol. The highest BCUT2D eigenvalue weighted by atomic mass is 32.2. The Hall–Kier alpha value is -0.220. The van der Waals surface area contributed by atoms with Crippen molar-refractivity contribution in [3.05, 3.63) is 0 Å². The molecule has 0 saturated heterocycles. The first-order valence-corrected chi connectivity index (χ1v) is 6.93. The van der Waals surface area contributed by atoms with Crippen LogP contribution in [0, 0.1) is 0 Å². The van der Waals surface area contributed by atoms with Gasteiger partial charge in [-0.15, -0.1) is 0 Å². The lowest BCUT2D eigenvalue weighted by Gasteiger charge is -2.20. The molecule has 0 saturated carbocycles. The molecule has 96 valence electrons. The van der Waals surface area contributed by atoms with Gasteiger partial charge in [0.1, 0.15) is 6.04 Å². The lowest BCUT2D eigenvalue weighted by Crippen LogP contribution is -2.38. The molecule has 4 heteroatoms. The van der Waals surface area contributed by atoms with E-state index in [9.17, 15) is 4.79 Å². The fraction of sp³-hybridized carbons (Fsp3) is 0.917. The number of nitrogens with one attached hydrogen (secondary N) is 1. The molecule has 3 nitrogen and oxygen atoms in total. The van der Waals surface area contributed by atoms with Crippen LogP contribution in [0.3, 0.4) is 0 Å². The molecule has 0 aliphatic carbocycles. The van der Waals surface area contributed by atoms with Crippen molar-refractivity contribution >= 4 is 17.7 Å². The SMILES string of the molecule is CCNC(CCSC(C)(C)C)C(=O)OCC. The molecule has 1 unspecified atom stereocenters. The van der Waals surface area contributed by atoms with Crippen LogP contribution in [0.2, 0.25) is 0 Å². The van der Waals surface area contributed by atoms with E-state index >= 15 is 0 Å². The van der Waals surface area contributed by atoms with Gasteiger partial charge in [-0.2, -0.15) is 11.8 Å². The summed E-state index contributed by atoms with van der Waals surface area (Å²) >= 11 is 1.88. The number of hydrogen-bond donors (Lipinski definition) is 1. The first kappa shape index (κ1) is 15.8. The topological polar surface area (TPSA) is 38.3 Å². The first-order chi connectivity index (χ1) is 7.40. The van der Waals surface area contributed by atoms with E-state index in [2.05, 4.69) is 26.1 Å². The molecule has 0 aliphatic heterocycles. The van der Waals surface area contributed by atoms with Gasteiger partial charge < -0.3 is 10.1 Å². The fourth-order valence-electron chi connectivity index (χ4n) is 1.28. The van der Waals surface area contributed by atoms with Crippen molar-refractivity contribution in [3.63, 3.8) is 0 Å². The molecule has 0 amide bonds. The Bertz CT molecular complexity index is 202. The lowest BCUT2D eigenvalue weighted by molar-refractivity contribution is -0.145. The summed E-state index contributed by atoms with van der Waals surface area (Å²) in [6, 6.07) is -0.153. The van der Waals surface area contributed by atoms with Crippen molar-refractivity contribution in [2.75, 3.05) is 18.9 Å². The predicted octanol–water partition coefficient (Wildman–Crippen LogP) is 2.45. The molecule has 0 rings (SSSR count). The second-order valence-corrected chi connectivity index (χ2v) is 6.53. The normalized spacial score (nSPS) is 13.6. The summed E-state index contributed by atoms with van der Waals surface area (Å²) in [4.78, 5) is 11.6. The van der Waals surface area contributed by atoms with Crippen LogP contribution in [-0.4, -0.2) is 35.7 Å². The fourth-order valence-corrected chi connectivity index (χ4v) is 2.24. The van der Waals surface area contributed by atoms with Crippen LogP contribution < -0.4 is 5.32 Å². The van der Waals surface area contributed by atoms with Crippen molar-refractivity contribution in [1.82, 2.24) is 5.32 Å². The van der Waals surface area contributed by atoms with E-state index in [0.717, 1.165) is 18.7 Å². The Morgan fingerprint density at radius 1 is 1.38 bits per heavy atom. The van der Waals surface area contributed by atoms with Crippen molar-refractivity contribution in [2.24, 2.45) is 0 Å². The molecule has 0 bridgehead atoms. The minimum atomic E-state index is -0.153. The standard InChI is InChI=1S/C12H25NO2S/c1-6-13-10(11(14)15-7-2)8-9-16-12(3,4)5/h10,13H,6-9H2,1-5H3. The van der Waals surface area contributed by atoms with Crippen molar-refractivity contribution in [1.29, 1.82) is 0 Å². The average molecular weight is 247 g/mol. The summed E-state index contributed by atoms with van der Waals surface area (Å²) in [6.07, 6.45) is 0.828. The molecule has 0 aromatic heterocycles. The van der Waals surface area contributed by atoms with E-state index in [1.165, 1.54) is 0 Å². The Balaban J connectivity index is 3.98. The predicted molar refractivity (Wildman–Crippen MR) is 70.9 cm³/mol. The van der Waals surface area contributed by atoms with Gasteiger partial charge in [-0.3, -0.25) is 4.79 Å². The summed E-state index contributed by atoms with van der Waals surface area (Å²) in [7, 11) is 0. The van der Waals surface area contributed by atoms with Crippen molar-refractivity contribution in [3.8, 4) is 0 Å². The third-order valence-corrected chi connectivity index (χ3v) is 3.27. The van der Waals surface area contributed by atoms with Gasteiger partial charge in [-0.25, -0.2) is 0 Å². The average Bonchev–Trinajstić information content (AvgIpc) is 2.15. The third kappa shape index (κ3) is 7.99. The molecule has 0 fully saturated rings. The van der Waals surface area contributed by atoms with E-state index in [1.54, 1.807) is 0 Å². The largest absolute Gasteiger partial charge is 0.465 e. The molecular weight excluding hydrogens is 222 g/mol. The van der Waals surface area contributed by atoms with E-state index in [-0.39, 0.29) is 16.8 Å². The van der Waals surface area contributed by atoms with Crippen LogP contribution in [0.4, 0.5) is 0 Å². The Morgan fingerprint density at radius 2 is 2.00 bits per heavy atom. The molecule has 0 aromatic rings. The summed E-state index contributed by atoms with van der Waals surface area (Å²) in [5.74, 6) is 0.846. The maximum Gasteiger partial charge on any atom is 0.323 e. The molecule has 0 heterocycles. The van der Waals surface area contributed by atoms with Crippen molar-refractivity contribution in [2.45, 2.75) is 51.8 Å². The third-order valence-electron chi connectivity index (χ3n) is 1.96. The Morgan fingerprint density at radius 3 is 2.44 bits per heavy atom. The zero-order valence-electron chi connectivity index (χ0n) is 11.1. The quantitative estimate of drug-likeness (QED) is 0.701. The van der Waals surface area contributed by atoms with Crippen LogP contribution in [0.15, 0.2) is 0 Å². The zero-order valence-corrected chi connectivity index (χ0v) is 11.9. The van der Waals surface area contributed by atoms with E-state index in [1.807, 2.05) is 25.6 Å². The minimum Gasteiger partial charge on any atom is -0.465 e. The molecule has 1 N–H and O–H groups in total. The molecule has 0 spiro atoms. The maximum absolute atomic E-state index is 11.6. The highest BCUT2D eigenvalue weighted by Gasteiger charge is 2.19. The number of carbonyl (C=O) groups excluding carboxylic acids is 1. The van der Waals surface area contributed by atoms with E-state index < -0.39 is 0 Å². The van der Waals surface area contributed by atoms with Crippen LogP contribution in [0.5, 0.6) is 0 Å². The van der Waals surface area contributed by atoms with Gasteiger partial charge in [0, 0.05) is 4.75 Å². The Kier molecular flexibility index (Phi) is 7.85. The summed E-state index contributed by atoms with van der Waals surface area (Å²) in [5.41, 5.74) is 0. The smallest absolute Gasteiger partial charge is 0.323 e. The highest BCUT2D eigenvalue weighted by molar-refractivity contribution is 8.00. The number of esters is 1. The van der Waals surface area contributed by atoms with Gasteiger partial charge in [0.05, 0.1) is 6.61 Å².